The number of aromatic nitrogens is 3. The zero-order chi connectivity index (χ0) is 15.8. The molecule has 1 aromatic carbocycles. The molecule has 0 aliphatic heterocycles. The summed E-state index contributed by atoms with van der Waals surface area (Å²) in [6.07, 6.45) is 0. The predicted molar refractivity (Wildman–Crippen MR) is 83.4 cm³/mol. The molecule has 21 heavy (non-hydrogen) atoms. The van der Waals surface area contributed by atoms with Gasteiger partial charge in [0, 0.05) is 27.8 Å². The van der Waals surface area contributed by atoms with Gasteiger partial charge in [-0.3, -0.25) is 4.57 Å². The van der Waals surface area contributed by atoms with Crippen LogP contribution in [-0.4, -0.2) is 23.2 Å². The quantitative estimate of drug-likeness (QED) is 0.769. The van der Waals surface area contributed by atoms with Crippen molar-refractivity contribution in [1.82, 2.24) is 14.8 Å². The molecule has 0 saturated heterocycles. The van der Waals surface area contributed by atoms with E-state index in [-0.39, 0.29) is 11.1 Å². The number of hydrogen-bond acceptors (Lipinski definition) is 4. The molecule has 5 nitrogen and oxygen atoms in total. The van der Waals surface area contributed by atoms with Gasteiger partial charge in [-0.1, -0.05) is 37.0 Å². The number of hydrogen-bond donors (Lipinski definition) is 0. The van der Waals surface area contributed by atoms with Gasteiger partial charge in [0.05, 0.1) is 5.02 Å². The van der Waals surface area contributed by atoms with Gasteiger partial charge in [-0.25, -0.2) is 8.42 Å². The maximum absolute atomic E-state index is 11.6. The fourth-order valence-electron chi connectivity index (χ4n) is 1.87. The van der Waals surface area contributed by atoms with Gasteiger partial charge in [-0.05, 0) is 24.1 Å². The van der Waals surface area contributed by atoms with Crippen molar-refractivity contribution in [2.75, 3.05) is 0 Å². The van der Waals surface area contributed by atoms with Crippen LogP contribution in [0, 0.1) is 5.92 Å². The van der Waals surface area contributed by atoms with Crippen molar-refractivity contribution in [3.63, 3.8) is 0 Å². The monoisotopic (exact) mass is 367 g/mol. The van der Waals surface area contributed by atoms with Crippen LogP contribution in [0.25, 0.3) is 11.4 Å². The number of benzene rings is 1. The molecule has 0 bridgehead atoms. The van der Waals surface area contributed by atoms with Crippen molar-refractivity contribution < 1.29 is 8.42 Å². The fourth-order valence-corrected chi connectivity index (χ4v) is 3.27. The molecular formula is C12H12Cl3N3O2S. The van der Waals surface area contributed by atoms with Crippen LogP contribution in [-0.2, 0) is 15.6 Å². The summed E-state index contributed by atoms with van der Waals surface area (Å²) < 4.78 is 24.7. The summed E-state index contributed by atoms with van der Waals surface area (Å²) in [5.41, 5.74) is 0.542. The summed E-state index contributed by atoms with van der Waals surface area (Å²) in [4.78, 5) is 0. The Bertz CT molecular complexity index is 772. The summed E-state index contributed by atoms with van der Waals surface area (Å²) >= 11 is 12.0. The zero-order valence-corrected chi connectivity index (χ0v) is 14.3. The van der Waals surface area contributed by atoms with E-state index in [2.05, 4.69) is 10.2 Å². The molecule has 0 saturated carbocycles. The maximum Gasteiger partial charge on any atom is 0.296 e. The van der Waals surface area contributed by atoms with Crippen LogP contribution in [0.4, 0.5) is 0 Å². The molecule has 0 amide bonds. The molecule has 0 aliphatic carbocycles. The van der Waals surface area contributed by atoms with E-state index < -0.39 is 9.05 Å². The smallest absolute Gasteiger partial charge is 0.296 e. The summed E-state index contributed by atoms with van der Waals surface area (Å²) in [5, 5.41) is 8.14. The first kappa shape index (κ1) is 16.5. The lowest BCUT2D eigenvalue weighted by atomic mass is 10.2. The third-order valence-corrected chi connectivity index (χ3v) is 4.35. The van der Waals surface area contributed by atoms with E-state index in [9.17, 15) is 8.42 Å². The number of rotatable bonds is 4. The molecule has 0 spiro atoms. The summed E-state index contributed by atoms with van der Waals surface area (Å²) in [5.74, 6) is 0.507. The van der Waals surface area contributed by atoms with Gasteiger partial charge >= 0.3 is 0 Å². The molecule has 1 heterocycles. The molecule has 0 unspecified atom stereocenters. The Morgan fingerprint density at radius 1 is 1.24 bits per heavy atom. The highest BCUT2D eigenvalue weighted by Gasteiger charge is 2.24. The van der Waals surface area contributed by atoms with Gasteiger partial charge in [0.25, 0.3) is 14.2 Å². The largest absolute Gasteiger partial charge is 0.297 e. The average molecular weight is 369 g/mol. The van der Waals surface area contributed by atoms with Gasteiger partial charge in [-0.2, -0.15) is 0 Å². The van der Waals surface area contributed by atoms with Crippen LogP contribution >= 0.6 is 33.9 Å². The van der Waals surface area contributed by atoms with E-state index in [0.29, 0.717) is 28.0 Å². The Labute approximate surface area is 137 Å². The molecule has 2 rings (SSSR count). The lowest BCUT2D eigenvalue weighted by Gasteiger charge is -2.12. The van der Waals surface area contributed by atoms with E-state index >= 15 is 0 Å². The predicted octanol–water partition coefficient (Wildman–Crippen LogP) is 3.84. The first-order chi connectivity index (χ1) is 9.70. The summed E-state index contributed by atoms with van der Waals surface area (Å²) in [6.45, 7) is 4.28. The summed E-state index contributed by atoms with van der Waals surface area (Å²) in [7, 11) is 1.41. The molecule has 114 valence electrons. The molecular weight excluding hydrogens is 357 g/mol. The molecule has 0 aliphatic rings. The zero-order valence-electron chi connectivity index (χ0n) is 11.2. The van der Waals surface area contributed by atoms with Crippen molar-refractivity contribution in [1.29, 1.82) is 0 Å². The molecule has 1 aromatic heterocycles. The van der Waals surface area contributed by atoms with Crippen LogP contribution < -0.4 is 0 Å². The van der Waals surface area contributed by atoms with Crippen molar-refractivity contribution in [2.24, 2.45) is 5.92 Å². The lowest BCUT2D eigenvalue weighted by Crippen LogP contribution is -2.12. The molecule has 2 aromatic rings. The van der Waals surface area contributed by atoms with Gasteiger partial charge in [0.15, 0.2) is 5.82 Å². The highest BCUT2D eigenvalue weighted by Crippen LogP contribution is 2.31. The molecule has 9 heteroatoms. The minimum atomic E-state index is -3.99. The third kappa shape index (κ3) is 3.69. The van der Waals surface area contributed by atoms with Crippen LogP contribution in [0.2, 0.25) is 10.0 Å². The van der Waals surface area contributed by atoms with E-state index in [0.717, 1.165) is 0 Å². The standard InChI is InChI=1S/C12H12Cl3N3O2S/c1-7(2)6-18-11(16-17-12(18)21(15,19)20)9-4-3-8(13)5-10(9)14/h3-5,7H,6H2,1-2H3. The Hall–Kier alpha value is -0.820. The van der Waals surface area contributed by atoms with E-state index in [4.69, 9.17) is 33.9 Å². The first-order valence-corrected chi connectivity index (χ1v) is 9.10. The van der Waals surface area contributed by atoms with Crippen LogP contribution in [0.15, 0.2) is 23.4 Å². The SMILES string of the molecule is CC(C)Cn1c(-c2ccc(Cl)cc2Cl)nnc1S(=O)(=O)Cl. The van der Waals surface area contributed by atoms with Gasteiger partial charge < -0.3 is 0 Å². The van der Waals surface area contributed by atoms with Gasteiger partial charge in [-0.15, -0.1) is 10.2 Å². The maximum atomic E-state index is 11.6. The fraction of sp³-hybridized carbons (Fsp3) is 0.333. The van der Waals surface area contributed by atoms with Crippen molar-refractivity contribution in [3.05, 3.63) is 28.2 Å². The number of halogens is 3. The Balaban J connectivity index is 2.66. The van der Waals surface area contributed by atoms with E-state index in [1.165, 1.54) is 4.57 Å². The Morgan fingerprint density at radius 2 is 1.90 bits per heavy atom. The van der Waals surface area contributed by atoms with Gasteiger partial charge in [0.2, 0.25) is 0 Å². The second-order valence-corrected chi connectivity index (χ2v) is 8.18. The second-order valence-electron chi connectivity index (χ2n) is 4.87. The topological polar surface area (TPSA) is 64.8 Å². The average Bonchev–Trinajstić information content (AvgIpc) is 2.71. The third-order valence-electron chi connectivity index (χ3n) is 2.65. The highest BCUT2D eigenvalue weighted by atomic mass is 35.7. The summed E-state index contributed by atoms with van der Waals surface area (Å²) in [6, 6.07) is 4.86. The van der Waals surface area contributed by atoms with Crippen LogP contribution in [0.1, 0.15) is 13.8 Å². The van der Waals surface area contributed by atoms with Crippen LogP contribution in [0.3, 0.4) is 0 Å². The molecule has 0 fully saturated rings. The van der Waals surface area contributed by atoms with Crippen molar-refractivity contribution in [3.8, 4) is 11.4 Å². The number of nitrogens with zero attached hydrogens (tertiary/aromatic N) is 3. The Kier molecular flexibility index (Phi) is 4.82. The second kappa shape index (κ2) is 6.12. The van der Waals surface area contributed by atoms with Crippen molar-refractivity contribution >= 4 is 42.9 Å². The molecule has 0 atom stereocenters. The minimum absolute atomic E-state index is 0.169. The van der Waals surface area contributed by atoms with Gasteiger partial charge in [0.1, 0.15) is 0 Å². The molecule has 0 N–H and O–H groups in total. The normalized spacial score (nSPS) is 12.1. The lowest BCUT2D eigenvalue weighted by molar-refractivity contribution is 0.488. The van der Waals surface area contributed by atoms with E-state index in [1.54, 1.807) is 18.2 Å². The highest BCUT2D eigenvalue weighted by molar-refractivity contribution is 8.13. The first-order valence-electron chi connectivity index (χ1n) is 6.03. The van der Waals surface area contributed by atoms with Crippen LogP contribution in [0.5, 0.6) is 0 Å². The molecule has 0 radical (unpaired) electrons. The van der Waals surface area contributed by atoms with Crippen molar-refractivity contribution in [2.45, 2.75) is 25.5 Å². The Morgan fingerprint density at radius 3 is 2.43 bits per heavy atom. The minimum Gasteiger partial charge on any atom is -0.297 e. The van der Waals surface area contributed by atoms with E-state index in [1.807, 2.05) is 13.8 Å².